The third-order valence-electron chi connectivity index (χ3n) is 3.38. The van der Waals surface area contributed by atoms with Crippen molar-refractivity contribution in [3.05, 3.63) is 29.8 Å². The van der Waals surface area contributed by atoms with Crippen molar-refractivity contribution in [3.63, 3.8) is 0 Å². The zero-order chi connectivity index (χ0) is 15.2. The first-order valence-corrected chi connectivity index (χ1v) is 8.71. The number of hydrogen-bond acceptors (Lipinski definition) is 3. The molecular weight excluding hydrogens is 272 g/mol. The van der Waals surface area contributed by atoms with Gasteiger partial charge in [-0.05, 0) is 30.5 Å². The van der Waals surface area contributed by atoms with Crippen LogP contribution >= 0.6 is 0 Å². The predicted octanol–water partition coefficient (Wildman–Crippen LogP) is 2.51. The van der Waals surface area contributed by atoms with Crippen LogP contribution in [0.15, 0.2) is 29.2 Å². The fourth-order valence-corrected chi connectivity index (χ4v) is 3.83. The van der Waals surface area contributed by atoms with Gasteiger partial charge in [0, 0.05) is 12.6 Å². The first-order valence-electron chi connectivity index (χ1n) is 7.23. The van der Waals surface area contributed by atoms with Crippen LogP contribution in [-0.4, -0.2) is 21.0 Å². The van der Waals surface area contributed by atoms with Gasteiger partial charge >= 0.3 is 0 Å². The fourth-order valence-electron chi connectivity index (χ4n) is 2.13. The molecule has 0 bridgehead atoms. The monoisotopic (exact) mass is 298 g/mol. The van der Waals surface area contributed by atoms with Gasteiger partial charge in [0.2, 0.25) is 10.0 Å². The van der Waals surface area contributed by atoms with Crippen molar-refractivity contribution in [1.29, 1.82) is 0 Å². The van der Waals surface area contributed by atoms with Gasteiger partial charge in [0.1, 0.15) is 0 Å². The minimum atomic E-state index is -3.47. The van der Waals surface area contributed by atoms with Gasteiger partial charge in [-0.25, -0.2) is 13.1 Å². The average molecular weight is 298 g/mol. The first kappa shape index (κ1) is 17.1. The second-order valence-corrected chi connectivity index (χ2v) is 6.95. The molecule has 0 saturated carbocycles. The standard InChI is InChI=1S/C15H26N2O2S/c1-5-14(12(3)4)17-20(18,19)15-10-8-7-9-13(15)11-16-6-2/h7-10,12,14,16-17H,5-6,11H2,1-4H3. The van der Waals surface area contributed by atoms with Crippen LogP contribution in [0.2, 0.25) is 0 Å². The van der Waals surface area contributed by atoms with E-state index in [4.69, 9.17) is 0 Å². The molecule has 20 heavy (non-hydrogen) atoms. The molecule has 0 aliphatic rings. The number of sulfonamides is 1. The number of nitrogens with one attached hydrogen (secondary N) is 2. The molecule has 114 valence electrons. The quantitative estimate of drug-likeness (QED) is 0.775. The van der Waals surface area contributed by atoms with Crippen LogP contribution in [0.3, 0.4) is 0 Å². The van der Waals surface area contributed by atoms with Gasteiger partial charge in [-0.15, -0.1) is 0 Å². The smallest absolute Gasteiger partial charge is 0.241 e. The maximum Gasteiger partial charge on any atom is 0.241 e. The molecule has 4 nitrogen and oxygen atoms in total. The summed E-state index contributed by atoms with van der Waals surface area (Å²) < 4.78 is 27.9. The minimum Gasteiger partial charge on any atom is -0.313 e. The predicted molar refractivity (Wildman–Crippen MR) is 83.1 cm³/mol. The minimum absolute atomic E-state index is 0.0350. The van der Waals surface area contributed by atoms with Crippen LogP contribution < -0.4 is 10.0 Å². The van der Waals surface area contributed by atoms with Crippen LogP contribution in [0.25, 0.3) is 0 Å². The van der Waals surface area contributed by atoms with E-state index < -0.39 is 10.0 Å². The van der Waals surface area contributed by atoms with E-state index in [-0.39, 0.29) is 12.0 Å². The van der Waals surface area contributed by atoms with Crippen LogP contribution in [0.5, 0.6) is 0 Å². The first-order chi connectivity index (χ1) is 9.42. The number of benzene rings is 1. The van der Waals surface area contributed by atoms with Gasteiger partial charge in [-0.1, -0.05) is 45.9 Å². The maximum absolute atomic E-state index is 12.6. The molecule has 1 unspecified atom stereocenters. The second kappa shape index (κ2) is 7.76. The lowest BCUT2D eigenvalue weighted by molar-refractivity contribution is 0.437. The third kappa shape index (κ3) is 4.58. The molecule has 0 spiro atoms. The Hall–Kier alpha value is -0.910. The Balaban J connectivity index is 3.02. The Bertz CT molecular complexity index is 512. The van der Waals surface area contributed by atoms with E-state index in [0.717, 1.165) is 18.5 Å². The van der Waals surface area contributed by atoms with E-state index in [2.05, 4.69) is 10.0 Å². The average Bonchev–Trinajstić information content (AvgIpc) is 2.42. The molecule has 0 amide bonds. The molecule has 0 aromatic heterocycles. The molecule has 2 N–H and O–H groups in total. The van der Waals surface area contributed by atoms with E-state index in [1.807, 2.05) is 39.8 Å². The second-order valence-electron chi connectivity index (χ2n) is 5.27. The Morgan fingerprint density at radius 2 is 1.80 bits per heavy atom. The molecule has 5 heteroatoms. The Kier molecular flexibility index (Phi) is 6.65. The largest absolute Gasteiger partial charge is 0.313 e. The van der Waals surface area contributed by atoms with Gasteiger partial charge in [0.15, 0.2) is 0 Å². The lowest BCUT2D eigenvalue weighted by atomic mass is 10.0. The zero-order valence-electron chi connectivity index (χ0n) is 12.8. The Morgan fingerprint density at radius 1 is 1.15 bits per heavy atom. The highest BCUT2D eigenvalue weighted by Crippen LogP contribution is 2.17. The summed E-state index contributed by atoms with van der Waals surface area (Å²) in [6.45, 7) is 9.43. The maximum atomic E-state index is 12.6. The van der Waals surface area contributed by atoms with Gasteiger partial charge in [-0.2, -0.15) is 0 Å². The van der Waals surface area contributed by atoms with Crippen molar-refractivity contribution in [2.45, 2.75) is 51.6 Å². The summed E-state index contributed by atoms with van der Waals surface area (Å²) in [5.41, 5.74) is 0.806. The molecule has 0 radical (unpaired) electrons. The molecule has 1 aromatic carbocycles. The van der Waals surface area contributed by atoms with Crippen LogP contribution in [-0.2, 0) is 16.6 Å². The summed E-state index contributed by atoms with van der Waals surface area (Å²) >= 11 is 0. The zero-order valence-corrected chi connectivity index (χ0v) is 13.6. The van der Waals surface area contributed by atoms with Crippen molar-refractivity contribution in [3.8, 4) is 0 Å². The summed E-state index contributed by atoms with van der Waals surface area (Å²) in [5, 5.41) is 3.17. The highest BCUT2D eigenvalue weighted by atomic mass is 32.2. The van der Waals surface area contributed by atoms with Gasteiger partial charge in [0.05, 0.1) is 4.90 Å². The van der Waals surface area contributed by atoms with Crippen LogP contribution in [0.1, 0.15) is 39.7 Å². The highest BCUT2D eigenvalue weighted by Gasteiger charge is 2.23. The highest BCUT2D eigenvalue weighted by molar-refractivity contribution is 7.89. The summed E-state index contributed by atoms with van der Waals surface area (Å²) in [7, 11) is -3.47. The fraction of sp³-hybridized carbons (Fsp3) is 0.600. The molecule has 0 saturated heterocycles. The SMILES string of the molecule is CCNCc1ccccc1S(=O)(=O)NC(CC)C(C)C. The number of hydrogen-bond donors (Lipinski definition) is 2. The van der Waals surface area contributed by atoms with E-state index in [0.29, 0.717) is 11.4 Å². The van der Waals surface area contributed by atoms with Gasteiger partial charge in [0.25, 0.3) is 0 Å². The molecule has 0 fully saturated rings. The summed E-state index contributed by atoms with van der Waals surface area (Å²) in [5.74, 6) is 0.274. The van der Waals surface area contributed by atoms with Crippen molar-refractivity contribution in [1.82, 2.24) is 10.0 Å². The van der Waals surface area contributed by atoms with Gasteiger partial charge in [-0.3, -0.25) is 0 Å². The van der Waals surface area contributed by atoms with Crippen LogP contribution in [0.4, 0.5) is 0 Å². The van der Waals surface area contributed by atoms with E-state index in [1.54, 1.807) is 12.1 Å². The summed E-state index contributed by atoms with van der Waals surface area (Å²) in [6, 6.07) is 7.12. The molecular formula is C15H26N2O2S. The molecule has 0 aliphatic carbocycles. The summed E-state index contributed by atoms with van der Waals surface area (Å²) in [6.07, 6.45) is 0.784. The number of rotatable bonds is 8. The molecule has 1 aromatic rings. The normalized spacial score (nSPS) is 13.7. The van der Waals surface area contributed by atoms with E-state index >= 15 is 0 Å². The van der Waals surface area contributed by atoms with Gasteiger partial charge < -0.3 is 5.32 Å². The lowest BCUT2D eigenvalue weighted by Crippen LogP contribution is -2.38. The lowest BCUT2D eigenvalue weighted by Gasteiger charge is -2.21. The van der Waals surface area contributed by atoms with Crippen molar-refractivity contribution in [2.75, 3.05) is 6.54 Å². The van der Waals surface area contributed by atoms with Crippen molar-refractivity contribution in [2.24, 2.45) is 5.92 Å². The van der Waals surface area contributed by atoms with Crippen LogP contribution in [0, 0.1) is 5.92 Å². The summed E-state index contributed by atoms with van der Waals surface area (Å²) in [4.78, 5) is 0.375. The molecule has 1 rings (SSSR count). The molecule has 1 atom stereocenters. The topological polar surface area (TPSA) is 58.2 Å². The third-order valence-corrected chi connectivity index (χ3v) is 4.97. The Morgan fingerprint density at radius 3 is 2.35 bits per heavy atom. The molecule has 0 heterocycles. The van der Waals surface area contributed by atoms with E-state index in [9.17, 15) is 8.42 Å². The molecule has 0 aliphatic heterocycles. The van der Waals surface area contributed by atoms with Crippen molar-refractivity contribution < 1.29 is 8.42 Å². The van der Waals surface area contributed by atoms with E-state index in [1.165, 1.54) is 0 Å². The van der Waals surface area contributed by atoms with Crippen molar-refractivity contribution >= 4 is 10.0 Å². The Labute approximate surface area is 123 Å².